The molecule has 1 fully saturated rings. The first-order chi connectivity index (χ1) is 8.43. The molecule has 0 spiro atoms. The van der Waals surface area contributed by atoms with Crippen molar-refractivity contribution in [1.29, 1.82) is 0 Å². The monoisotopic (exact) mass is 257 g/mol. The summed E-state index contributed by atoms with van der Waals surface area (Å²) in [5, 5.41) is 3.37. The van der Waals surface area contributed by atoms with E-state index in [1.807, 2.05) is 6.92 Å². The Hall–Kier alpha value is -1.03. The molecule has 0 radical (unpaired) electrons. The number of benzene rings is 1. The van der Waals surface area contributed by atoms with E-state index in [1.165, 1.54) is 12.1 Å². The lowest BCUT2D eigenvalue weighted by Crippen LogP contribution is -2.23. The van der Waals surface area contributed by atoms with Crippen molar-refractivity contribution in [3.05, 3.63) is 35.4 Å². The van der Waals surface area contributed by atoms with E-state index in [0.29, 0.717) is 11.8 Å². The van der Waals surface area contributed by atoms with E-state index in [2.05, 4.69) is 12.2 Å². The second-order valence-corrected chi connectivity index (χ2v) is 5.03. The van der Waals surface area contributed by atoms with Crippen molar-refractivity contribution in [2.24, 2.45) is 11.8 Å². The van der Waals surface area contributed by atoms with Gasteiger partial charge in [0, 0.05) is 6.04 Å². The molecule has 0 bridgehead atoms. The zero-order valence-electron chi connectivity index (χ0n) is 10.6. The topological polar surface area (TPSA) is 12.0 Å². The van der Waals surface area contributed by atoms with Gasteiger partial charge in [-0.05, 0) is 42.5 Å². The van der Waals surface area contributed by atoms with Gasteiger partial charge in [-0.25, -0.2) is 0 Å². The molecule has 1 saturated carbocycles. The molecule has 0 amide bonds. The lowest BCUT2D eigenvalue weighted by atomic mass is 9.99. The lowest BCUT2D eigenvalue weighted by Gasteiger charge is -2.19. The van der Waals surface area contributed by atoms with Crippen LogP contribution in [0.1, 0.15) is 37.4 Å². The molecular formula is C14H18F3N. The van der Waals surface area contributed by atoms with Gasteiger partial charge >= 0.3 is 6.18 Å². The summed E-state index contributed by atoms with van der Waals surface area (Å²) in [6.07, 6.45) is -3.10. The predicted octanol–water partition coefficient (Wildman–Crippen LogP) is 4.01. The molecule has 1 aromatic carbocycles. The zero-order chi connectivity index (χ0) is 13.3. The van der Waals surface area contributed by atoms with Gasteiger partial charge in [0.05, 0.1) is 5.56 Å². The predicted molar refractivity (Wildman–Crippen MR) is 65.1 cm³/mol. The number of hydrogen-bond acceptors (Lipinski definition) is 1. The summed E-state index contributed by atoms with van der Waals surface area (Å²) >= 11 is 0. The third kappa shape index (κ3) is 2.86. The Balaban J connectivity index is 2.16. The number of hydrogen-bond donors (Lipinski definition) is 1. The molecule has 3 unspecified atom stereocenters. The van der Waals surface area contributed by atoms with Gasteiger partial charge in [-0.1, -0.05) is 26.0 Å². The Morgan fingerprint density at radius 3 is 2.22 bits per heavy atom. The third-order valence-corrected chi connectivity index (χ3v) is 3.62. The standard InChI is InChI=1S/C14H18F3N/c1-3-18-13(12-8-9(12)2)10-4-6-11(7-5-10)14(15,16)17/h4-7,9,12-13,18H,3,8H2,1-2H3. The first-order valence-electron chi connectivity index (χ1n) is 6.34. The van der Waals surface area contributed by atoms with Crippen LogP contribution in [0.3, 0.4) is 0 Å². The molecule has 0 aliphatic heterocycles. The molecule has 1 aliphatic rings. The summed E-state index contributed by atoms with van der Waals surface area (Å²) < 4.78 is 37.5. The Bertz CT molecular complexity index is 396. The van der Waals surface area contributed by atoms with Crippen molar-refractivity contribution < 1.29 is 13.2 Å². The van der Waals surface area contributed by atoms with Crippen LogP contribution in [0.4, 0.5) is 13.2 Å². The van der Waals surface area contributed by atoms with Crippen LogP contribution in [0.15, 0.2) is 24.3 Å². The molecule has 3 atom stereocenters. The minimum atomic E-state index is -4.25. The molecule has 2 rings (SSSR count). The summed E-state index contributed by atoms with van der Waals surface area (Å²) in [4.78, 5) is 0. The number of nitrogens with one attached hydrogen (secondary N) is 1. The van der Waals surface area contributed by atoms with Crippen molar-refractivity contribution in [2.45, 2.75) is 32.5 Å². The maximum Gasteiger partial charge on any atom is 0.416 e. The van der Waals surface area contributed by atoms with Gasteiger partial charge in [-0.2, -0.15) is 13.2 Å². The molecule has 1 aromatic rings. The van der Waals surface area contributed by atoms with Crippen LogP contribution in [0.25, 0.3) is 0 Å². The van der Waals surface area contributed by atoms with Gasteiger partial charge in [-0.3, -0.25) is 0 Å². The van der Waals surface area contributed by atoms with Crippen LogP contribution in [-0.2, 0) is 6.18 Å². The van der Waals surface area contributed by atoms with Crippen LogP contribution >= 0.6 is 0 Å². The smallest absolute Gasteiger partial charge is 0.310 e. The summed E-state index contributed by atoms with van der Waals surface area (Å²) in [7, 11) is 0. The second kappa shape index (κ2) is 4.92. The molecule has 100 valence electrons. The minimum Gasteiger partial charge on any atom is -0.310 e. The van der Waals surface area contributed by atoms with Crippen LogP contribution < -0.4 is 5.32 Å². The largest absolute Gasteiger partial charge is 0.416 e. The maximum absolute atomic E-state index is 12.5. The zero-order valence-corrected chi connectivity index (χ0v) is 10.6. The van der Waals surface area contributed by atoms with Crippen molar-refractivity contribution in [3.63, 3.8) is 0 Å². The Morgan fingerprint density at radius 1 is 1.28 bits per heavy atom. The van der Waals surface area contributed by atoms with Gasteiger partial charge in [0.1, 0.15) is 0 Å². The Morgan fingerprint density at radius 2 is 1.83 bits per heavy atom. The first kappa shape index (κ1) is 13.4. The maximum atomic E-state index is 12.5. The highest BCUT2D eigenvalue weighted by Gasteiger charge is 2.40. The van der Waals surface area contributed by atoms with E-state index in [9.17, 15) is 13.2 Å². The van der Waals surface area contributed by atoms with Gasteiger partial charge in [0.2, 0.25) is 0 Å². The van der Waals surface area contributed by atoms with Crippen molar-refractivity contribution in [2.75, 3.05) is 6.54 Å². The summed E-state index contributed by atoms with van der Waals surface area (Å²) in [6, 6.07) is 5.73. The summed E-state index contributed by atoms with van der Waals surface area (Å²) in [5.74, 6) is 1.22. The van der Waals surface area contributed by atoms with Crippen LogP contribution in [0, 0.1) is 11.8 Å². The van der Waals surface area contributed by atoms with Gasteiger partial charge < -0.3 is 5.32 Å². The SMILES string of the molecule is CCNC(c1ccc(C(F)(F)F)cc1)C1CC1C. The highest BCUT2D eigenvalue weighted by atomic mass is 19.4. The van der Waals surface area contributed by atoms with Crippen molar-refractivity contribution in [1.82, 2.24) is 5.32 Å². The fourth-order valence-electron chi connectivity index (χ4n) is 2.43. The molecule has 0 heterocycles. The fourth-order valence-corrected chi connectivity index (χ4v) is 2.43. The van der Waals surface area contributed by atoms with Crippen LogP contribution in [-0.4, -0.2) is 6.54 Å². The molecule has 0 aromatic heterocycles. The van der Waals surface area contributed by atoms with Crippen molar-refractivity contribution in [3.8, 4) is 0 Å². The number of rotatable bonds is 4. The summed E-state index contributed by atoms with van der Waals surface area (Å²) in [5.41, 5.74) is 0.379. The van der Waals surface area contributed by atoms with E-state index in [1.54, 1.807) is 12.1 Å². The molecule has 1 N–H and O–H groups in total. The van der Waals surface area contributed by atoms with Gasteiger partial charge in [0.25, 0.3) is 0 Å². The van der Waals surface area contributed by atoms with Crippen molar-refractivity contribution >= 4 is 0 Å². The van der Waals surface area contributed by atoms with E-state index in [-0.39, 0.29) is 6.04 Å². The molecule has 1 nitrogen and oxygen atoms in total. The Kier molecular flexibility index (Phi) is 3.66. The molecular weight excluding hydrogens is 239 g/mol. The third-order valence-electron chi connectivity index (χ3n) is 3.62. The number of halogens is 3. The molecule has 18 heavy (non-hydrogen) atoms. The molecule has 1 aliphatic carbocycles. The highest BCUT2D eigenvalue weighted by molar-refractivity contribution is 5.28. The van der Waals surface area contributed by atoms with E-state index < -0.39 is 11.7 Å². The Labute approximate surface area is 105 Å². The average Bonchev–Trinajstić information content (AvgIpc) is 3.02. The normalized spacial score (nSPS) is 24.9. The molecule has 4 heteroatoms. The minimum absolute atomic E-state index is 0.187. The van der Waals surface area contributed by atoms with E-state index in [0.717, 1.165) is 18.5 Å². The summed E-state index contributed by atoms with van der Waals surface area (Å²) in [6.45, 7) is 5.03. The van der Waals surface area contributed by atoms with E-state index in [4.69, 9.17) is 0 Å². The van der Waals surface area contributed by atoms with E-state index >= 15 is 0 Å². The van der Waals surface area contributed by atoms with Gasteiger partial charge in [-0.15, -0.1) is 0 Å². The number of alkyl halides is 3. The highest BCUT2D eigenvalue weighted by Crippen LogP contribution is 2.47. The first-order valence-corrected chi connectivity index (χ1v) is 6.34. The average molecular weight is 257 g/mol. The van der Waals surface area contributed by atoms with Crippen LogP contribution in [0.5, 0.6) is 0 Å². The lowest BCUT2D eigenvalue weighted by molar-refractivity contribution is -0.137. The molecule has 0 saturated heterocycles. The second-order valence-electron chi connectivity index (χ2n) is 5.03. The quantitative estimate of drug-likeness (QED) is 0.859. The van der Waals surface area contributed by atoms with Crippen LogP contribution in [0.2, 0.25) is 0 Å². The fraction of sp³-hybridized carbons (Fsp3) is 0.571. The van der Waals surface area contributed by atoms with Gasteiger partial charge in [0.15, 0.2) is 0 Å².